The lowest BCUT2D eigenvalue weighted by Gasteiger charge is -2.14. The molecule has 0 aliphatic rings. The van der Waals surface area contributed by atoms with Crippen molar-refractivity contribution >= 4 is 5.57 Å². The first kappa shape index (κ1) is 11.8. The minimum absolute atomic E-state index is 0.213. The van der Waals surface area contributed by atoms with Crippen molar-refractivity contribution in [2.24, 2.45) is 0 Å². The lowest BCUT2D eigenvalue weighted by Crippen LogP contribution is -2.15. The van der Waals surface area contributed by atoms with Gasteiger partial charge in [0.05, 0.1) is 0 Å². The fourth-order valence-electron chi connectivity index (χ4n) is 1.30. The van der Waals surface area contributed by atoms with Crippen LogP contribution in [0.4, 0.5) is 0 Å². The molecule has 1 atom stereocenters. The number of ether oxygens (including phenoxy) is 2. The number of rotatable bonds is 5. The maximum absolute atomic E-state index is 5.58. The molecule has 15 heavy (non-hydrogen) atoms. The van der Waals surface area contributed by atoms with E-state index in [0.29, 0.717) is 6.61 Å². The van der Waals surface area contributed by atoms with Gasteiger partial charge in [-0.1, -0.05) is 24.3 Å². The number of hydrogen-bond donors (Lipinski definition) is 0. The Kier molecular flexibility index (Phi) is 4.37. The normalized spacial score (nSPS) is 12.2. The molecule has 0 aliphatic carbocycles. The van der Waals surface area contributed by atoms with E-state index in [1.807, 2.05) is 45.0 Å². The summed E-state index contributed by atoms with van der Waals surface area (Å²) in [7, 11) is 0. The first-order valence-electron chi connectivity index (χ1n) is 5.17. The quantitative estimate of drug-likeness (QED) is 0.687. The lowest BCUT2D eigenvalue weighted by atomic mass is 10.1. The maximum atomic E-state index is 5.58. The van der Waals surface area contributed by atoms with Gasteiger partial charge >= 0.3 is 0 Å². The minimum atomic E-state index is -0.213. The lowest BCUT2D eigenvalue weighted by molar-refractivity contribution is -0.0613. The third-order valence-electron chi connectivity index (χ3n) is 2.03. The van der Waals surface area contributed by atoms with Gasteiger partial charge in [0.15, 0.2) is 6.29 Å². The second-order valence-corrected chi connectivity index (χ2v) is 3.45. The molecule has 82 valence electrons. The number of allylic oxidation sites excluding steroid dienone is 1. The summed E-state index contributed by atoms with van der Waals surface area (Å²) in [6.07, 6.45) is -0.213. The molecule has 0 aromatic heterocycles. The SMILES string of the molecule is C=C(C)c1cccc(OC(C)OCC)c1. The minimum Gasteiger partial charge on any atom is -0.465 e. The molecule has 1 rings (SSSR count). The van der Waals surface area contributed by atoms with Crippen molar-refractivity contribution < 1.29 is 9.47 Å². The number of benzene rings is 1. The van der Waals surface area contributed by atoms with Crippen molar-refractivity contribution in [3.05, 3.63) is 36.4 Å². The van der Waals surface area contributed by atoms with E-state index in [0.717, 1.165) is 16.9 Å². The summed E-state index contributed by atoms with van der Waals surface area (Å²) in [6.45, 7) is 10.4. The summed E-state index contributed by atoms with van der Waals surface area (Å²) in [5, 5.41) is 0. The monoisotopic (exact) mass is 206 g/mol. The highest BCUT2D eigenvalue weighted by atomic mass is 16.7. The van der Waals surface area contributed by atoms with Crippen LogP contribution in [0.2, 0.25) is 0 Å². The summed E-state index contributed by atoms with van der Waals surface area (Å²) in [5.74, 6) is 0.816. The molecule has 1 aromatic rings. The van der Waals surface area contributed by atoms with E-state index < -0.39 is 0 Å². The predicted molar refractivity (Wildman–Crippen MR) is 62.9 cm³/mol. The molecule has 0 saturated carbocycles. The molecule has 0 spiro atoms. The Balaban J connectivity index is 2.69. The van der Waals surface area contributed by atoms with Crippen LogP contribution < -0.4 is 4.74 Å². The van der Waals surface area contributed by atoms with E-state index >= 15 is 0 Å². The summed E-state index contributed by atoms with van der Waals surface area (Å²) >= 11 is 0. The molecular weight excluding hydrogens is 188 g/mol. The van der Waals surface area contributed by atoms with E-state index in [9.17, 15) is 0 Å². The highest BCUT2D eigenvalue weighted by Gasteiger charge is 2.03. The Morgan fingerprint density at radius 2 is 2.20 bits per heavy atom. The van der Waals surface area contributed by atoms with Crippen molar-refractivity contribution in [3.8, 4) is 5.75 Å². The van der Waals surface area contributed by atoms with Crippen LogP contribution in [0.15, 0.2) is 30.8 Å². The van der Waals surface area contributed by atoms with Gasteiger partial charge in [0.1, 0.15) is 5.75 Å². The largest absolute Gasteiger partial charge is 0.465 e. The van der Waals surface area contributed by atoms with Crippen molar-refractivity contribution in [1.82, 2.24) is 0 Å². The van der Waals surface area contributed by atoms with Crippen LogP contribution in [0.3, 0.4) is 0 Å². The smallest absolute Gasteiger partial charge is 0.196 e. The van der Waals surface area contributed by atoms with Gasteiger partial charge in [-0.2, -0.15) is 0 Å². The Morgan fingerprint density at radius 1 is 1.47 bits per heavy atom. The molecular formula is C13H18O2. The van der Waals surface area contributed by atoms with Crippen LogP contribution in [-0.2, 0) is 4.74 Å². The van der Waals surface area contributed by atoms with E-state index in [4.69, 9.17) is 9.47 Å². The molecule has 0 fully saturated rings. The Hall–Kier alpha value is -1.28. The summed E-state index contributed by atoms with van der Waals surface area (Å²) in [6, 6.07) is 7.86. The topological polar surface area (TPSA) is 18.5 Å². The Morgan fingerprint density at radius 3 is 2.80 bits per heavy atom. The van der Waals surface area contributed by atoms with Crippen LogP contribution in [0.5, 0.6) is 5.75 Å². The molecule has 0 amide bonds. The Labute approximate surface area is 91.5 Å². The molecule has 2 nitrogen and oxygen atoms in total. The van der Waals surface area contributed by atoms with E-state index in [1.165, 1.54) is 0 Å². The molecule has 0 aliphatic heterocycles. The van der Waals surface area contributed by atoms with Gasteiger partial charge in [0.25, 0.3) is 0 Å². The molecule has 0 heterocycles. The van der Waals surface area contributed by atoms with Crippen molar-refractivity contribution in [1.29, 1.82) is 0 Å². The van der Waals surface area contributed by atoms with Gasteiger partial charge in [-0.3, -0.25) is 0 Å². The van der Waals surface area contributed by atoms with Crippen LogP contribution in [0.25, 0.3) is 5.57 Å². The predicted octanol–water partition coefficient (Wildman–Crippen LogP) is 3.48. The second kappa shape index (κ2) is 5.56. The second-order valence-electron chi connectivity index (χ2n) is 3.45. The van der Waals surface area contributed by atoms with Crippen molar-refractivity contribution in [2.45, 2.75) is 27.1 Å². The van der Waals surface area contributed by atoms with Crippen LogP contribution in [-0.4, -0.2) is 12.9 Å². The van der Waals surface area contributed by atoms with Crippen molar-refractivity contribution in [3.63, 3.8) is 0 Å². The van der Waals surface area contributed by atoms with E-state index in [1.54, 1.807) is 0 Å². The van der Waals surface area contributed by atoms with Gasteiger partial charge in [0, 0.05) is 6.61 Å². The first-order valence-corrected chi connectivity index (χ1v) is 5.17. The zero-order valence-electron chi connectivity index (χ0n) is 9.62. The van der Waals surface area contributed by atoms with Gasteiger partial charge < -0.3 is 9.47 Å². The average molecular weight is 206 g/mol. The molecule has 2 heteroatoms. The fourth-order valence-corrected chi connectivity index (χ4v) is 1.30. The maximum Gasteiger partial charge on any atom is 0.196 e. The molecule has 0 bridgehead atoms. The van der Waals surface area contributed by atoms with E-state index in [-0.39, 0.29) is 6.29 Å². The zero-order valence-corrected chi connectivity index (χ0v) is 9.62. The van der Waals surface area contributed by atoms with Crippen molar-refractivity contribution in [2.75, 3.05) is 6.61 Å². The van der Waals surface area contributed by atoms with Crippen LogP contribution in [0, 0.1) is 0 Å². The number of hydrogen-bond acceptors (Lipinski definition) is 2. The van der Waals surface area contributed by atoms with Crippen LogP contribution in [0.1, 0.15) is 26.3 Å². The summed E-state index contributed by atoms with van der Waals surface area (Å²) in [4.78, 5) is 0. The molecule has 1 aromatic carbocycles. The third-order valence-corrected chi connectivity index (χ3v) is 2.03. The molecule has 0 N–H and O–H groups in total. The summed E-state index contributed by atoms with van der Waals surface area (Å²) < 4.78 is 10.9. The first-order chi connectivity index (χ1) is 7.13. The third kappa shape index (κ3) is 3.76. The average Bonchev–Trinajstić information content (AvgIpc) is 2.18. The summed E-state index contributed by atoms with van der Waals surface area (Å²) in [5.41, 5.74) is 2.13. The van der Waals surface area contributed by atoms with Gasteiger partial charge in [-0.05, 0) is 38.5 Å². The molecule has 1 unspecified atom stereocenters. The highest BCUT2D eigenvalue weighted by molar-refractivity contribution is 5.62. The van der Waals surface area contributed by atoms with E-state index in [2.05, 4.69) is 6.58 Å². The zero-order chi connectivity index (χ0) is 11.3. The standard InChI is InChI=1S/C13H18O2/c1-5-14-11(4)15-13-8-6-7-12(9-13)10(2)3/h6-9,11H,2,5H2,1,3-4H3. The highest BCUT2D eigenvalue weighted by Crippen LogP contribution is 2.19. The van der Waals surface area contributed by atoms with Gasteiger partial charge in [-0.25, -0.2) is 0 Å². The van der Waals surface area contributed by atoms with Gasteiger partial charge in [-0.15, -0.1) is 0 Å². The van der Waals surface area contributed by atoms with Crippen LogP contribution >= 0.6 is 0 Å². The fraction of sp³-hybridized carbons (Fsp3) is 0.385. The van der Waals surface area contributed by atoms with Gasteiger partial charge in [0.2, 0.25) is 0 Å². The Bertz CT molecular complexity index is 331. The molecule has 0 saturated heterocycles. The molecule has 0 radical (unpaired) electrons.